The minimum Gasteiger partial charge on any atom is -0.741 e. The van der Waals surface area contributed by atoms with Crippen molar-refractivity contribution in [1.82, 2.24) is 0 Å². The van der Waals surface area contributed by atoms with Crippen LogP contribution in [0.4, 0.5) is 24.5 Å². The number of alkyl halides is 3. The molecule has 2 aromatic rings. The van der Waals surface area contributed by atoms with Gasteiger partial charge in [0.1, 0.15) is 0 Å². The molecule has 166 valence electrons. The van der Waals surface area contributed by atoms with Crippen molar-refractivity contribution in [3.63, 3.8) is 0 Å². The van der Waals surface area contributed by atoms with Gasteiger partial charge in [-0.1, -0.05) is 0 Å². The zero-order valence-electron chi connectivity index (χ0n) is 16.6. The van der Waals surface area contributed by atoms with Crippen LogP contribution in [0.2, 0.25) is 22.0 Å². The Kier molecular flexibility index (Phi) is 8.65. The van der Waals surface area contributed by atoms with Crippen LogP contribution < -0.4 is 4.90 Å². The van der Waals surface area contributed by atoms with E-state index >= 15 is 0 Å². The molecule has 0 bridgehead atoms. The Bertz CT molecular complexity index is 968. The number of fused-ring (bicyclic) bond motifs is 2. The molecule has 1 aliphatic rings. The van der Waals surface area contributed by atoms with Crippen molar-refractivity contribution in [2.75, 3.05) is 11.4 Å². The quantitative estimate of drug-likeness (QED) is 0.287. The van der Waals surface area contributed by atoms with Gasteiger partial charge in [-0.2, -0.15) is 13.2 Å². The molecular formula is C20H23ClF3NO3SSe. The van der Waals surface area contributed by atoms with Crippen molar-refractivity contribution >= 4 is 47.0 Å². The molecule has 30 heavy (non-hydrogen) atoms. The van der Waals surface area contributed by atoms with Crippen molar-refractivity contribution in [3.8, 4) is 0 Å². The molecule has 0 aromatic heterocycles. The van der Waals surface area contributed by atoms with Gasteiger partial charge in [-0.15, -0.1) is 0 Å². The molecule has 3 rings (SSSR count). The van der Waals surface area contributed by atoms with Gasteiger partial charge in [-0.25, -0.2) is 8.42 Å². The molecule has 0 unspecified atom stereocenters. The van der Waals surface area contributed by atoms with E-state index in [9.17, 15) is 13.2 Å². The van der Waals surface area contributed by atoms with Crippen LogP contribution in [-0.2, 0) is 23.0 Å². The topological polar surface area (TPSA) is 60.4 Å². The number of anilines is 2. The average molecular weight is 529 g/mol. The summed E-state index contributed by atoms with van der Waals surface area (Å²) in [6, 6.07) is 15.2. The largest absolute Gasteiger partial charge is 0.741 e. The number of halogens is 4. The Labute approximate surface area is 184 Å². The van der Waals surface area contributed by atoms with E-state index in [0.717, 1.165) is 24.4 Å². The number of rotatable bonds is 4. The number of nitrogens with zero attached hydrogens (tertiary/aromatic N) is 1. The van der Waals surface area contributed by atoms with Gasteiger partial charge in [0.2, 0.25) is 0 Å². The monoisotopic (exact) mass is 529 g/mol. The summed E-state index contributed by atoms with van der Waals surface area (Å²) in [6.45, 7) is 1.09. The van der Waals surface area contributed by atoms with Crippen LogP contribution in [0.25, 0.3) is 0 Å². The second-order valence-corrected chi connectivity index (χ2v) is 13.8. The molecule has 0 aliphatic carbocycles. The van der Waals surface area contributed by atoms with Crippen LogP contribution >= 0.6 is 11.6 Å². The zero-order valence-corrected chi connectivity index (χ0v) is 19.9. The van der Waals surface area contributed by atoms with Gasteiger partial charge in [0.15, 0.2) is 10.1 Å². The molecular weight excluding hydrogens is 506 g/mol. The molecule has 4 nitrogen and oxygen atoms in total. The van der Waals surface area contributed by atoms with Crippen LogP contribution in [0.5, 0.6) is 0 Å². The standard InChI is InChI=1S/C19H23ClNSe.CHF3O3S/c1-22(2)13-5-12-21-18-7-4-3-6-15(18)8-9-16-10-11-17(20)14-19(16)21;2-1(3,4)8(5,6)7/h3-4,6-7,10-11,14H,5,8-9,12-13H2,1-2H3;(H,5,6,7)/q+1;/p-1. The van der Waals surface area contributed by atoms with Crippen LogP contribution in [-0.4, -0.2) is 38.9 Å². The van der Waals surface area contributed by atoms with E-state index < -0.39 is 15.6 Å². The number of para-hydroxylation sites is 1. The second-order valence-electron chi connectivity index (χ2n) is 7.00. The van der Waals surface area contributed by atoms with Gasteiger partial charge in [-0.05, 0) is 0 Å². The third kappa shape index (κ3) is 6.89. The molecule has 1 heterocycles. The van der Waals surface area contributed by atoms with Gasteiger partial charge in [0, 0.05) is 0 Å². The molecule has 2 aromatic carbocycles. The SMILES string of the molecule is C[Se+](C)CCCN1c2ccccc2CCc2ccc(Cl)cc21.O=S(=O)([O-])C(F)(F)F. The van der Waals surface area contributed by atoms with Crippen molar-refractivity contribution in [1.29, 1.82) is 0 Å². The van der Waals surface area contributed by atoms with E-state index in [2.05, 4.69) is 52.9 Å². The first-order valence-electron chi connectivity index (χ1n) is 9.10. The molecule has 10 heteroatoms. The van der Waals surface area contributed by atoms with E-state index in [4.69, 9.17) is 24.6 Å². The Hall–Kier alpha value is -1.25. The summed E-state index contributed by atoms with van der Waals surface area (Å²) in [5.74, 6) is 4.84. The van der Waals surface area contributed by atoms with Crippen molar-refractivity contribution < 1.29 is 26.1 Å². The Morgan fingerprint density at radius 3 is 2.20 bits per heavy atom. The fourth-order valence-electron chi connectivity index (χ4n) is 3.14. The first kappa shape index (κ1) is 25.0. The van der Waals surface area contributed by atoms with Crippen molar-refractivity contribution in [3.05, 3.63) is 58.6 Å². The van der Waals surface area contributed by atoms with Crippen molar-refractivity contribution in [2.24, 2.45) is 0 Å². The Balaban J connectivity index is 0.000000343. The Morgan fingerprint density at radius 1 is 1.07 bits per heavy atom. The van der Waals surface area contributed by atoms with Gasteiger partial charge in [0.05, 0.1) is 0 Å². The normalized spacial score (nSPS) is 13.8. The van der Waals surface area contributed by atoms with Gasteiger partial charge >= 0.3 is 149 Å². The third-order valence-electron chi connectivity index (χ3n) is 4.50. The zero-order chi connectivity index (χ0) is 22.5. The molecule has 0 N–H and O–H groups in total. The Morgan fingerprint density at radius 2 is 1.63 bits per heavy atom. The van der Waals surface area contributed by atoms with Gasteiger partial charge < -0.3 is 4.55 Å². The first-order valence-corrected chi connectivity index (χ1v) is 15.5. The number of hydrogen-bond acceptors (Lipinski definition) is 4. The minimum absolute atomic E-state index is 0.365. The van der Waals surface area contributed by atoms with Crippen molar-refractivity contribution in [2.45, 2.75) is 41.7 Å². The third-order valence-corrected chi connectivity index (χ3v) is 7.62. The smallest absolute Gasteiger partial charge is 0.485 e. The summed E-state index contributed by atoms with van der Waals surface area (Å²) in [7, 11) is -6.09. The molecule has 0 fully saturated rings. The van der Waals surface area contributed by atoms with Gasteiger partial charge in [0.25, 0.3) is 0 Å². The van der Waals surface area contributed by atoms with E-state index in [-0.39, 0.29) is 13.9 Å². The number of hydrogen-bond donors (Lipinski definition) is 0. The number of benzene rings is 2. The molecule has 0 amide bonds. The summed E-state index contributed by atoms with van der Waals surface area (Å²) < 4.78 is 58.9. The molecule has 0 saturated heterocycles. The molecule has 0 atom stereocenters. The maximum absolute atomic E-state index is 10.7. The fraction of sp³-hybridized carbons (Fsp3) is 0.400. The summed E-state index contributed by atoms with van der Waals surface area (Å²) in [4.78, 5) is 2.50. The summed E-state index contributed by atoms with van der Waals surface area (Å²) in [5, 5.41) is 2.22. The molecule has 0 spiro atoms. The summed E-state index contributed by atoms with van der Waals surface area (Å²) in [5.41, 5.74) is -0.0995. The van der Waals surface area contributed by atoms with Crippen LogP contribution in [0.3, 0.4) is 0 Å². The maximum atomic E-state index is 10.7. The van der Waals surface area contributed by atoms with Crippen LogP contribution in [0.1, 0.15) is 17.5 Å². The molecule has 1 aliphatic heterocycles. The fourth-order valence-corrected chi connectivity index (χ4v) is 4.79. The first-order chi connectivity index (χ1) is 13.9. The molecule has 0 saturated carbocycles. The summed E-state index contributed by atoms with van der Waals surface area (Å²) in [6.07, 6.45) is 3.47. The maximum Gasteiger partial charge on any atom is 0.485 e. The number of aryl methyl sites for hydroxylation is 2. The average Bonchev–Trinajstić information content (AvgIpc) is 2.78. The van der Waals surface area contributed by atoms with Gasteiger partial charge in [-0.3, -0.25) is 0 Å². The minimum atomic E-state index is -6.09. The molecule has 0 radical (unpaired) electrons. The van der Waals surface area contributed by atoms with E-state index in [0.29, 0.717) is 0 Å². The van der Waals surface area contributed by atoms with Crippen LogP contribution in [0, 0.1) is 0 Å². The summed E-state index contributed by atoms with van der Waals surface area (Å²) >= 11 is 5.92. The van der Waals surface area contributed by atoms with E-state index in [1.807, 2.05) is 6.07 Å². The van der Waals surface area contributed by atoms with E-state index in [1.54, 1.807) is 0 Å². The predicted molar refractivity (Wildman–Crippen MR) is 115 cm³/mol. The van der Waals surface area contributed by atoms with E-state index in [1.165, 1.54) is 34.2 Å². The van der Waals surface area contributed by atoms with Crippen LogP contribution in [0.15, 0.2) is 42.5 Å². The predicted octanol–water partition coefficient (Wildman–Crippen LogP) is 5.77. The second kappa shape index (κ2) is 10.4.